The van der Waals surface area contributed by atoms with Gasteiger partial charge in [-0.05, 0) is 44.7 Å². The van der Waals surface area contributed by atoms with Crippen molar-refractivity contribution in [2.24, 2.45) is 0 Å². The molecule has 2 fully saturated rings. The van der Waals surface area contributed by atoms with Crippen molar-refractivity contribution >= 4 is 6.29 Å². The average Bonchev–Trinajstić information content (AvgIpc) is 2.89. The molecular weight excluding hydrogens is 266 g/mol. The fourth-order valence-corrected chi connectivity index (χ4v) is 3.53. The maximum atomic E-state index is 11.0. The summed E-state index contributed by atoms with van der Waals surface area (Å²) in [5.74, 6) is 0.559. The fourth-order valence-electron chi connectivity index (χ4n) is 3.53. The summed E-state index contributed by atoms with van der Waals surface area (Å²) < 4.78 is 12.1. The molecule has 1 spiro atoms. The predicted octanol–water partition coefficient (Wildman–Crippen LogP) is 3.46. The molecule has 21 heavy (non-hydrogen) atoms. The first kappa shape index (κ1) is 14.5. The molecule has 1 aliphatic carbocycles. The van der Waals surface area contributed by atoms with Gasteiger partial charge in [0.2, 0.25) is 0 Å². The van der Waals surface area contributed by atoms with Crippen LogP contribution in [0.5, 0.6) is 5.75 Å². The SMILES string of the molecule is Cc1ccc(OCC2CCC3(CCCCC3)O2)c(C=O)n1. The second kappa shape index (κ2) is 6.14. The van der Waals surface area contributed by atoms with Gasteiger partial charge in [-0.1, -0.05) is 19.3 Å². The quantitative estimate of drug-likeness (QED) is 0.796. The molecule has 0 radical (unpaired) electrons. The third-order valence-electron chi connectivity index (χ3n) is 4.66. The highest BCUT2D eigenvalue weighted by atomic mass is 16.6. The van der Waals surface area contributed by atoms with Crippen molar-refractivity contribution < 1.29 is 14.3 Å². The number of hydrogen-bond donors (Lipinski definition) is 0. The maximum Gasteiger partial charge on any atom is 0.172 e. The van der Waals surface area contributed by atoms with Gasteiger partial charge >= 0.3 is 0 Å². The van der Waals surface area contributed by atoms with Crippen LogP contribution in [0.2, 0.25) is 0 Å². The van der Waals surface area contributed by atoms with Crippen molar-refractivity contribution in [1.82, 2.24) is 4.98 Å². The molecule has 1 aromatic rings. The monoisotopic (exact) mass is 289 g/mol. The minimum atomic E-state index is 0.116. The van der Waals surface area contributed by atoms with E-state index < -0.39 is 0 Å². The van der Waals surface area contributed by atoms with Crippen LogP contribution in [0.3, 0.4) is 0 Å². The summed E-state index contributed by atoms with van der Waals surface area (Å²) in [5.41, 5.74) is 1.31. The highest BCUT2D eigenvalue weighted by molar-refractivity contribution is 5.76. The van der Waals surface area contributed by atoms with Crippen LogP contribution in [-0.2, 0) is 4.74 Å². The number of aryl methyl sites for hydroxylation is 1. The predicted molar refractivity (Wildman–Crippen MR) is 79.8 cm³/mol. The van der Waals surface area contributed by atoms with Crippen LogP contribution in [0.25, 0.3) is 0 Å². The number of pyridine rings is 1. The largest absolute Gasteiger partial charge is 0.488 e. The molecule has 3 rings (SSSR count). The Kier molecular flexibility index (Phi) is 4.24. The number of carbonyl (C=O) groups excluding carboxylic acids is 1. The molecule has 0 aromatic carbocycles. The Morgan fingerprint density at radius 3 is 2.90 bits per heavy atom. The topological polar surface area (TPSA) is 48.4 Å². The van der Waals surface area contributed by atoms with Crippen LogP contribution in [0, 0.1) is 6.92 Å². The zero-order valence-electron chi connectivity index (χ0n) is 12.6. The first-order valence-electron chi connectivity index (χ1n) is 7.94. The van der Waals surface area contributed by atoms with Crippen LogP contribution in [0.15, 0.2) is 12.1 Å². The molecule has 1 saturated heterocycles. The lowest BCUT2D eigenvalue weighted by molar-refractivity contribution is -0.0749. The summed E-state index contributed by atoms with van der Waals surface area (Å²) in [6, 6.07) is 3.68. The van der Waals surface area contributed by atoms with Crippen molar-refractivity contribution in [1.29, 1.82) is 0 Å². The minimum absolute atomic E-state index is 0.116. The van der Waals surface area contributed by atoms with Gasteiger partial charge in [0, 0.05) is 5.69 Å². The van der Waals surface area contributed by atoms with Gasteiger partial charge in [0.1, 0.15) is 18.1 Å². The zero-order valence-corrected chi connectivity index (χ0v) is 12.6. The summed E-state index contributed by atoms with van der Waals surface area (Å²) >= 11 is 0. The average molecular weight is 289 g/mol. The number of aromatic nitrogens is 1. The van der Waals surface area contributed by atoms with E-state index in [4.69, 9.17) is 9.47 Å². The lowest BCUT2D eigenvalue weighted by Gasteiger charge is -2.33. The van der Waals surface area contributed by atoms with Gasteiger partial charge in [0.25, 0.3) is 0 Å². The van der Waals surface area contributed by atoms with Gasteiger partial charge in [0.15, 0.2) is 6.29 Å². The molecule has 0 N–H and O–H groups in total. The number of rotatable bonds is 4. The fraction of sp³-hybridized carbons (Fsp3) is 0.647. The first-order valence-corrected chi connectivity index (χ1v) is 7.94. The van der Waals surface area contributed by atoms with Gasteiger partial charge in [-0.2, -0.15) is 0 Å². The molecule has 2 heterocycles. The zero-order chi connectivity index (χ0) is 14.7. The van der Waals surface area contributed by atoms with Crippen LogP contribution >= 0.6 is 0 Å². The van der Waals surface area contributed by atoms with E-state index in [1.807, 2.05) is 19.1 Å². The standard InChI is InChI=1S/C17H23NO3/c1-13-5-6-16(15(11-19)18-13)20-12-14-7-10-17(21-14)8-3-2-4-9-17/h5-6,11,14H,2-4,7-10,12H2,1H3. The van der Waals surface area contributed by atoms with E-state index in [1.165, 1.54) is 32.1 Å². The molecule has 1 unspecified atom stereocenters. The van der Waals surface area contributed by atoms with E-state index in [0.29, 0.717) is 18.1 Å². The van der Waals surface area contributed by atoms with Crippen molar-refractivity contribution in [3.63, 3.8) is 0 Å². The molecule has 114 valence electrons. The maximum absolute atomic E-state index is 11.0. The lowest BCUT2D eigenvalue weighted by Crippen LogP contribution is -2.33. The smallest absolute Gasteiger partial charge is 0.172 e. The molecule has 2 aliphatic rings. The third-order valence-corrected chi connectivity index (χ3v) is 4.66. The second-order valence-electron chi connectivity index (χ2n) is 6.29. The van der Waals surface area contributed by atoms with E-state index in [0.717, 1.165) is 24.8 Å². The molecule has 1 saturated carbocycles. The van der Waals surface area contributed by atoms with Crippen molar-refractivity contribution in [2.75, 3.05) is 6.61 Å². The second-order valence-corrected chi connectivity index (χ2v) is 6.29. The molecule has 1 aromatic heterocycles. The number of ether oxygens (including phenoxy) is 2. The summed E-state index contributed by atoms with van der Waals surface area (Å²) in [6.07, 6.45) is 9.37. The normalized spacial score (nSPS) is 24.1. The molecule has 4 heteroatoms. The number of aldehydes is 1. The Balaban J connectivity index is 1.57. The minimum Gasteiger partial charge on any atom is -0.488 e. The molecular formula is C17H23NO3. The third kappa shape index (κ3) is 3.26. The van der Waals surface area contributed by atoms with E-state index in [2.05, 4.69) is 4.98 Å². The first-order chi connectivity index (χ1) is 10.2. The van der Waals surface area contributed by atoms with Gasteiger partial charge < -0.3 is 9.47 Å². The Hall–Kier alpha value is -1.42. The highest BCUT2D eigenvalue weighted by Gasteiger charge is 2.40. The van der Waals surface area contributed by atoms with Crippen molar-refractivity contribution in [3.05, 3.63) is 23.5 Å². The van der Waals surface area contributed by atoms with Gasteiger partial charge in [-0.3, -0.25) is 4.79 Å². The van der Waals surface area contributed by atoms with Crippen molar-refractivity contribution in [3.8, 4) is 5.75 Å². The number of nitrogens with zero attached hydrogens (tertiary/aromatic N) is 1. The van der Waals surface area contributed by atoms with Crippen LogP contribution in [-0.4, -0.2) is 29.6 Å². The Morgan fingerprint density at radius 1 is 1.33 bits per heavy atom. The molecule has 1 aliphatic heterocycles. The highest BCUT2D eigenvalue weighted by Crippen LogP contribution is 2.41. The summed E-state index contributed by atoms with van der Waals surface area (Å²) in [5, 5.41) is 0. The van der Waals surface area contributed by atoms with E-state index in [9.17, 15) is 4.79 Å². The van der Waals surface area contributed by atoms with E-state index in [-0.39, 0.29) is 11.7 Å². The summed E-state index contributed by atoms with van der Waals surface area (Å²) in [7, 11) is 0. The molecule has 1 atom stereocenters. The Morgan fingerprint density at radius 2 is 2.14 bits per heavy atom. The Bertz CT molecular complexity index is 509. The van der Waals surface area contributed by atoms with E-state index >= 15 is 0 Å². The summed E-state index contributed by atoms with van der Waals surface area (Å²) in [4.78, 5) is 15.2. The summed E-state index contributed by atoms with van der Waals surface area (Å²) in [6.45, 7) is 2.37. The number of hydrogen-bond acceptors (Lipinski definition) is 4. The van der Waals surface area contributed by atoms with Crippen molar-refractivity contribution in [2.45, 2.75) is 63.6 Å². The molecule has 4 nitrogen and oxygen atoms in total. The number of carbonyl (C=O) groups is 1. The molecule has 0 bridgehead atoms. The van der Waals surface area contributed by atoms with Crippen LogP contribution in [0.1, 0.15) is 61.1 Å². The van der Waals surface area contributed by atoms with Crippen LogP contribution in [0.4, 0.5) is 0 Å². The van der Waals surface area contributed by atoms with Gasteiger partial charge in [0.05, 0.1) is 11.7 Å². The lowest BCUT2D eigenvalue weighted by atomic mass is 9.83. The molecule has 0 amide bonds. The Labute approximate surface area is 125 Å². The van der Waals surface area contributed by atoms with Gasteiger partial charge in [-0.25, -0.2) is 4.98 Å². The van der Waals surface area contributed by atoms with E-state index in [1.54, 1.807) is 0 Å². The van der Waals surface area contributed by atoms with Crippen LogP contribution < -0.4 is 4.74 Å². The van der Waals surface area contributed by atoms with Gasteiger partial charge in [-0.15, -0.1) is 0 Å².